The third kappa shape index (κ3) is 5.54. The van der Waals surface area contributed by atoms with Gasteiger partial charge in [-0.15, -0.1) is 0 Å². The molecule has 1 aromatic rings. The highest BCUT2D eigenvalue weighted by molar-refractivity contribution is 5.69. The van der Waals surface area contributed by atoms with Crippen LogP contribution in [0.2, 0.25) is 0 Å². The number of hydrogen-bond acceptors (Lipinski definition) is 3. The van der Waals surface area contributed by atoms with Gasteiger partial charge in [0.25, 0.3) is 0 Å². The number of aryl methyl sites for hydroxylation is 1. The first-order valence-corrected chi connectivity index (χ1v) is 8.69. The van der Waals surface area contributed by atoms with Gasteiger partial charge >= 0.3 is 6.09 Å². The lowest BCUT2D eigenvalue weighted by Gasteiger charge is -2.42. The maximum atomic E-state index is 12.6. The van der Waals surface area contributed by atoms with E-state index in [0.717, 1.165) is 38.8 Å². The Bertz CT molecular complexity index is 476. The van der Waals surface area contributed by atoms with Crippen LogP contribution in [-0.4, -0.2) is 42.3 Å². The fraction of sp³-hybridized carbons (Fsp3) is 0.632. The van der Waals surface area contributed by atoms with Crippen molar-refractivity contribution in [1.29, 1.82) is 0 Å². The first-order chi connectivity index (χ1) is 11.0. The molecular formula is C19H30N2O2. The Hall–Kier alpha value is -1.55. The zero-order valence-corrected chi connectivity index (χ0v) is 14.7. The largest absolute Gasteiger partial charge is 0.449 e. The molecule has 23 heavy (non-hydrogen) atoms. The highest BCUT2D eigenvalue weighted by Crippen LogP contribution is 2.23. The fourth-order valence-electron chi connectivity index (χ4n) is 3.19. The van der Waals surface area contributed by atoms with E-state index >= 15 is 0 Å². The van der Waals surface area contributed by atoms with Crippen molar-refractivity contribution in [3.63, 3.8) is 0 Å². The number of nitrogens with zero attached hydrogens (tertiary/aromatic N) is 1. The molecule has 4 nitrogen and oxygen atoms in total. The Labute approximate surface area is 140 Å². The van der Waals surface area contributed by atoms with E-state index in [4.69, 9.17) is 4.74 Å². The topological polar surface area (TPSA) is 41.6 Å². The highest BCUT2D eigenvalue weighted by atomic mass is 16.6. The van der Waals surface area contributed by atoms with Crippen molar-refractivity contribution in [3.05, 3.63) is 35.9 Å². The Morgan fingerprint density at radius 2 is 1.87 bits per heavy atom. The lowest BCUT2D eigenvalue weighted by atomic mass is 9.98. The molecule has 4 heteroatoms. The molecule has 0 aromatic heterocycles. The van der Waals surface area contributed by atoms with Gasteiger partial charge in [0.1, 0.15) is 0 Å². The number of ether oxygens (including phenoxy) is 1. The van der Waals surface area contributed by atoms with Crippen LogP contribution in [0.1, 0.15) is 45.6 Å². The second-order valence-corrected chi connectivity index (χ2v) is 7.23. The van der Waals surface area contributed by atoms with Crippen molar-refractivity contribution in [3.8, 4) is 0 Å². The summed E-state index contributed by atoms with van der Waals surface area (Å²) in [5, 5.41) is 3.35. The van der Waals surface area contributed by atoms with Crippen molar-refractivity contribution >= 4 is 6.09 Å². The molecule has 1 saturated heterocycles. The maximum Gasteiger partial charge on any atom is 0.410 e. The summed E-state index contributed by atoms with van der Waals surface area (Å²) < 4.78 is 5.57. The normalized spacial score (nSPS) is 16.1. The summed E-state index contributed by atoms with van der Waals surface area (Å²) in [6.45, 7) is 8.67. The number of benzene rings is 1. The predicted molar refractivity (Wildman–Crippen MR) is 93.6 cm³/mol. The van der Waals surface area contributed by atoms with Gasteiger partial charge in [0, 0.05) is 11.6 Å². The average Bonchev–Trinajstić information content (AvgIpc) is 2.52. The van der Waals surface area contributed by atoms with Crippen LogP contribution in [0.25, 0.3) is 0 Å². The minimum atomic E-state index is -0.210. The number of piperidine rings is 1. The van der Waals surface area contributed by atoms with Crippen molar-refractivity contribution in [2.24, 2.45) is 0 Å². The molecule has 0 spiro atoms. The molecule has 1 heterocycles. The van der Waals surface area contributed by atoms with Gasteiger partial charge in [-0.25, -0.2) is 4.79 Å². The number of carbonyl (C=O) groups excluding carboxylic acids is 1. The summed E-state index contributed by atoms with van der Waals surface area (Å²) in [5.74, 6) is 0. The number of rotatable bonds is 5. The SMILES string of the molecule is CC(C)(C)N(C(=O)OCCCc1ccccc1)C1CCNCC1. The molecule has 0 unspecified atom stereocenters. The van der Waals surface area contributed by atoms with Gasteiger partial charge in [0.15, 0.2) is 0 Å². The van der Waals surface area contributed by atoms with E-state index < -0.39 is 0 Å². The van der Waals surface area contributed by atoms with Crippen LogP contribution in [0.5, 0.6) is 0 Å². The van der Waals surface area contributed by atoms with Crippen LogP contribution in [0.4, 0.5) is 4.79 Å². The molecular weight excluding hydrogens is 288 g/mol. The molecule has 0 atom stereocenters. The number of hydrogen-bond donors (Lipinski definition) is 1. The molecule has 1 N–H and O–H groups in total. The fourth-order valence-corrected chi connectivity index (χ4v) is 3.19. The molecule has 0 bridgehead atoms. The number of carbonyl (C=O) groups is 1. The van der Waals surface area contributed by atoms with Crippen molar-refractivity contribution in [2.45, 2.75) is 58.0 Å². The molecule has 1 amide bonds. The summed E-state index contributed by atoms with van der Waals surface area (Å²) in [5.41, 5.74) is 1.08. The van der Waals surface area contributed by atoms with E-state index in [1.165, 1.54) is 5.56 Å². The Morgan fingerprint density at radius 3 is 2.48 bits per heavy atom. The average molecular weight is 318 g/mol. The molecule has 1 aliphatic heterocycles. The third-order valence-corrected chi connectivity index (χ3v) is 4.27. The minimum absolute atomic E-state index is 0.169. The second kappa shape index (κ2) is 8.34. The predicted octanol–water partition coefficient (Wildman–Crippen LogP) is 3.61. The molecule has 2 rings (SSSR count). The summed E-state index contributed by atoms with van der Waals surface area (Å²) >= 11 is 0. The molecule has 1 fully saturated rings. The monoisotopic (exact) mass is 318 g/mol. The van der Waals surface area contributed by atoms with Gasteiger partial charge in [-0.1, -0.05) is 30.3 Å². The van der Waals surface area contributed by atoms with E-state index in [1.807, 2.05) is 23.1 Å². The van der Waals surface area contributed by atoms with E-state index in [1.54, 1.807) is 0 Å². The van der Waals surface area contributed by atoms with Crippen LogP contribution < -0.4 is 5.32 Å². The Morgan fingerprint density at radius 1 is 1.22 bits per heavy atom. The molecule has 1 aliphatic rings. The number of nitrogens with one attached hydrogen (secondary N) is 1. The molecule has 128 valence electrons. The van der Waals surface area contributed by atoms with Crippen LogP contribution in [0, 0.1) is 0 Å². The molecule has 0 radical (unpaired) electrons. The summed E-state index contributed by atoms with van der Waals surface area (Å²) in [7, 11) is 0. The lowest BCUT2D eigenvalue weighted by molar-refractivity contribution is 0.0352. The minimum Gasteiger partial charge on any atom is -0.449 e. The van der Waals surface area contributed by atoms with E-state index in [-0.39, 0.29) is 17.7 Å². The van der Waals surface area contributed by atoms with E-state index in [0.29, 0.717) is 6.61 Å². The van der Waals surface area contributed by atoms with Gasteiger partial charge in [-0.2, -0.15) is 0 Å². The van der Waals surface area contributed by atoms with Gasteiger partial charge in [-0.3, -0.25) is 0 Å². The first-order valence-electron chi connectivity index (χ1n) is 8.69. The summed E-state index contributed by atoms with van der Waals surface area (Å²) in [6, 6.07) is 10.6. The van der Waals surface area contributed by atoms with E-state index in [9.17, 15) is 4.79 Å². The van der Waals surface area contributed by atoms with Gasteiger partial charge in [-0.05, 0) is 65.1 Å². The first kappa shape index (κ1) is 17.8. The van der Waals surface area contributed by atoms with Crippen molar-refractivity contribution in [2.75, 3.05) is 19.7 Å². The zero-order chi connectivity index (χ0) is 16.7. The number of amides is 1. The second-order valence-electron chi connectivity index (χ2n) is 7.23. The molecule has 1 aromatic carbocycles. The van der Waals surface area contributed by atoms with Crippen LogP contribution in [0.15, 0.2) is 30.3 Å². The van der Waals surface area contributed by atoms with Crippen LogP contribution in [0.3, 0.4) is 0 Å². The van der Waals surface area contributed by atoms with Crippen LogP contribution >= 0.6 is 0 Å². The van der Waals surface area contributed by atoms with Crippen LogP contribution in [-0.2, 0) is 11.2 Å². The van der Waals surface area contributed by atoms with Gasteiger partial charge in [0.05, 0.1) is 6.61 Å². The maximum absolute atomic E-state index is 12.6. The van der Waals surface area contributed by atoms with E-state index in [2.05, 4.69) is 38.2 Å². The van der Waals surface area contributed by atoms with Crippen molar-refractivity contribution in [1.82, 2.24) is 10.2 Å². The quantitative estimate of drug-likeness (QED) is 0.843. The Kier molecular flexibility index (Phi) is 6.46. The molecule has 0 saturated carbocycles. The lowest BCUT2D eigenvalue weighted by Crippen LogP contribution is -2.54. The third-order valence-electron chi connectivity index (χ3n) is 4.27. The Balaban J connectivity index is 1.83. The van der Waals surface area contributed by atoms with Gasteiger partial charge in [0.2, 0.25) is 0 Å². The zero-order valence-electron chi connectivity index (χ0n) is 14.7. The summed E-state index contributed by atoms with van der Waals surface area (Å²) in [4.78, 5) is 14.5. The van der Waals surface area contributed by atoms with Gasteiger partial charge < -0.3 is 15.0 Å². The smallest absolute Gasteiger partial charge is 0.410 e. The summed E-state index contributed by atoms with van der Waals surface area (Å²) in [6.07, 6.45) is 3.63. The standard InChI is InChI=1S/C19H30N2O2/c1-19(2,3)21(17-11-13-20-14-12-17)18(22)23-15-7-10-16-8-5-4-6-9-16/h4-6,8-9,17,20H,7,10-15H2,1-3H3. The highest BCUT2D eigenvalue weighted by Gasteiger charge is 2.34. The molecule has 0 aliphatic carbocycles. The van der Waals surface area contributed by atoms with Crippen molar-refractivity contribution < 1.29 is 9.53 Å².